The summed E-state index contributed by atoms with van der Waals surface area (Å²) in [5.41, 5.74) is 0.0842. The van der Waals surface area contributed by atoms with Crippen LogP contribution in [0.15, 0.2) is 0 Å². The summed E-state index contributed by atoms with van der Waals surface area (Å²) in [4.78, 5) is 2.48. The Kier molecular flexibility index (Phi) is 2.75. The van der Waals surface area contributed by atoms with Gasteiger partial charge in [-0.3, -0.25) is 4.90 Å². The first-order chi connectivity index (χ1) is 8.51. The number of hydrogen-bond acceptors (Lipinski definition) is 2. The zero-order chi connectivity index (χ0) is 13.0. The van der Waals surface area contributed by atoms with Gasteiger partial charge in [0.25, 0.3) is 0 Å². The summed E-state index contributed by atoms with van der Waals surface area (Å²) >= 11 is 0. The highest BCUT2D eigenvalue weighted by atomic mass is 15.2. The molecule has 4 aliphatic carbocycles. The van der Waals surface area contributed by atoms with Crippen molar-refractivity contribution in [3.8, 4) is 6.07 Å². The third kappa shape index (κ3) is 1.63. The highest BCUT2D eigenvalue weighted by Gasteiger charge is 2.55. The Morgan fingerprint density at radius 3 is 1.94 bits per heavy atom. The van der Waals surface area contributed by atoms with Crippen molar-refractivity contribution in [2.45, 2.75) is 69.9 Å². The van der Waals surface area contributed by atoms with E-state index in [-0.39, 0.29) is 5.54 Å². The maximum absolute atomic E-state index is 9.57. The molecule has 0 N–H and O–H groups in total. The van der Waals surface area contributed by atoms with Crippen LogP contribution < -0.4 is 0 Å². The maximum atomic E-state index is 9.57. The molecule has 2 heteroatoms. The molecule has 0 aromatic rings. The van der Waals surface area contributed by atoms with Crippen molar-refractivity contribution in [3.63, 3.8) is 0 Å². The van der Waals surface area contributed by atoms with Crippen LogP contribution in [0.2, 0.25) is 0 Å². The fraction of sp³-hybridized carbons (Fsp3) is 0.938. The summed E-state index contributed by atoms with van der Waals surface area (Å²) in [6.45, 7) is 4.28. The molecule has 0 radical (unpaired) electrons. The Morgan fingerprint density at radius 2 is 1.61 bits per heavy atom. The Labute approximate surface area is 111 Å². The van der Waals surface area contributed by atoms with Gasteiger partial charge in [0, 0.05) is 5.54 Å². The van der Waals surface area contributed by atoms with Crippen molar-refractivity contribution in [3.05, 3.63) is 0 Å². The van der Waals surface area contributed by atoms with Crippen molar-refractivity contribution < 1.29 is 0 Å². The molecule has 0 aromatic carbocycles. The average Bonchev–Trinajstić information content (AvgIpc) is 2.35. The van der Waals surface area contributed by atoms with E-state index in [4.69, 9.17) is 0 Å². The van der Waals surface area contributed by atoms with E-state index in [9.17, 15) is 5.26 Å². The second-order valence-corrected chi connectivity index (χ2v) is 7.44. The van der Waals surface area contributed by atoms with Crippen LogP contribution in [0.4, 0.5) is 0 Å². The summed E-state index contributed by atoms with van der Waals surface area (Å²) < 4.78 is 0. The third-order valence-corrected chi connectivity index (χ3v) is 6.39. The minimum absolute atomic E-state index is 0.272. The molecule has 0 saturated heterocycles. The summed E-state index contributed by atoms with van der Waals surface area (Å²) in [7, 11) is 2.22. The molecule has 100 valence electrons. The normalized spacial score (nSPS) is 44.9. The number of nitrogens with zero attached hydrogens (tertiary/aromatic N) is 2. The van der Waals surface area contributed by atoms with Crippen LogP contribution in [0.3, 0.4) is 0 Å². The highest BCUT2D eigenvalue weighted by Crippen LogP contribution is 2.58. The SMILES string of the molecule is CCC(C)(C#N)N(C)C12CC3CC(CC(C3)C1)C2. The van der Waals surface area contributed by atoms with Crippen LogP contribution in [-0.2, 0) is 0 Å². The fourth-order valence-corrected chi connectivity index (χ4v) is 5.39. The molecule has 0 amide bonds. The second-order valence-electron chi connectivity index (χ2n) is 7.44. The van der Waals surface area contributed by atoms with Gasteiger partial charge in [-0.25, -0.2) is 0 Å². The van der Waals surface area contributed by atoms with Crippen molar-refractivity contribution in [1.29, 1.82) is 5.26 Å². The topological polar surface area (TPSA) is 27.0 Å². The number of hydrogen-bond donors (Lipinski definition) is 0. The molecule has 0 aliphatic heterocycles. The first kappa shape index (κ1) is 12.5. The van der Waals surface area contributed by atoms with Crippen LogP contribution in [0.25, 0.3) is 0 Å². The van der Waals surface area contributed by atoms with Gasteiger partial charge in [0.2, 0.25) is 0 Å². The molecule has 1 unspecified atom stereocenters. The molecule has 18 heavy (non-hydrogen) atoms. The average molecular weight is 246 g/mol. The van der Waals surface area contributed by atoms with E-state index in [1.807, 2.05) is 0 Å². The van der Waals surface area contributed by atoms with E-state index >= 15 is 0 Å². The molecule has 4 fully saturated rings. The molecule has 0 spiro atoms. The van der Waals surface area contributed by atoms with Crippen molar-refractivity contribution in [2.75, 3.05) is 7.05 Å². The Balaban J connectivity index is 1.89. The second kappa shape index (κ2) is 3.97. The number of rotatable bonds is 3. The molecule has 1 atom stereocenters. The van der Waals surface area contributed by atoms with Gasteiger partial charge in [0.15, 0.2) is 0 Å². The van der Waals surface area contributed by atoms with Crippen molar-refractivity contribution in [2.24, 2.45) is 17.8 Å². The molecule has 4 aliphatic rings. The van der Waals surface area contributed by atoms with E-state index in [0.717, 1.165) is 24.2 Å². The zero-order valence-corrected chi connectivity index (χ0v) is 12.1. The first-order valence-electron chi connectivity index (χ1n) is 7.66. The van der Waals surface area contributed by atoms with E-state index < -0.39 is 0 Å². The lowest BCUT2D eigenvalue weighted by Crippen LogP contribution is -2.64. The van der Waals surface area contributed by atoms with Crippen molar-refractivity contribution >= 4 is 0 Å². The minimum atomic E-state index is -0.272. The standard InChI is InChI=1S/C16H26N2/c1-4-15(2,11-17)18(3)16-8-12-5-13(9-16)7-14(6-12)10-16/h12-14H,4-10H2,1-3H3. The lowest BCUT2D eigenvalue weighted by Gasteiger charge is -2.62. The van der Waals surface area contributed by atoms with Crippen LogP contribution in [0.5, 0.6) is 0 Å². The van der Waals surface area contributed by atoms with Gasteiger partial charge in [0.1, 0.15) is 5.54 Å². The summed E-state index contributed by atoms with van der Waals surface area (Å²) in [6, 6.07) is 2.58. The first-order valence-corrected chi connectivity index (χ1v) is 7.66. The van der Waals surface area contributed by atoms with E-state index in [1.54, 1.807) is 0 Å². The summed E-state index contributed by atoms with van der Waals surface area (Å²) in [5.74, 6) is 2.87. The van der Waals surface area contributed by atoms with E-state index in [0.29, 0.717) is 5.54 Å². The molecule has 4 rings (SSSR count). The minimum Gasteiger partial charge on any atom is -0.283 e. The molecule has 0 heterocycles. The van der Waals surface area contributed by atoms with Gasteiger partial charge >= 0.3 is 0 Å². The molecule has 2 nitrogen and oxygen atoms in total. The lowest BCUT2D eigenvalue weighted by molar-refractivity contribution is -0.104. The van der Waals surface area contributed by atoms with Crippen LogP contribution >= 0.6 is 0 Å². The predicted octanol–water partition coefficient (Wildman–Crippen LogP) is 3.58. The fourth-order valence-electron chi connectivity index (χ4n) is 5.39. The zero-order valence-electron chi connectivity index (χ0n) is 12.1. The largest absolute Gasteiger partial charge is 0.283 e. The van der Waals surface area contributed by atoms with Crippen LogP contribution in [0, 0.1) is 29.1 Å². The maximum Gasteiger partial charge on any atom is 0.106 e. The van der Waals surface area contributed by atoms with Gasteiger partial charge in [-0.15, -0.1) is 0 Å². The number of nitriles is 1. The van der Waals surface area contributed by atoms with Gasteiger partial charge in [-0.1, -0.05) is 6.92 Å². The highest BCUT2D eigenvalue weighted by molar-refractivity contribution is 5.14. The molecule has 4 saturated carbocycles. The third-order valence-electron chi connectivity index (χ3n) is 6.39. The van der Waals surface area contributed by atoms with E-state index in [2.05, 4.69) is 31.9 Å². The van der Waals surface area contributed by atoms with Gasteiger partial charge < -0.3 is 0 Å². The quantitative estimate of drug-likeness (QED) is 0.761. The van der Waals surface area contributed by atoms with E-state index in [1.165, 1.54) is 38.5 Å². The van der Waals surface area contributed by atoms with Crippen molar-refractivity contribution in [1.82, 2.24) is 4.90 Å². The summed E-state index contributed by atoms with van der Waals surface area (Å²) in [5, 5.41) is 9.57. The molecule has 4 bridgehead atoms. The van der Waals surface area contributed by atoms with Gasteiger partial charge in [0.05, 0.1) is 6.07 Å². The van der Waals surface area contributed by atoms with Crippen LogP contribution in [0.1, 0.15) is 58.8 Å². The smallest absolute Gasteiger partial charge is 0.106 e. The molecule has 0 aromatic heterocycles. The van der Waals surface area contributed by atoms with Gasteiger partial charge in [-0.05, 0) is 76.7 Å². The lowest BCUT2D eigenvalue weighted by atomic mass is 9.52. The monoisotopic (exact) mass is 246 g/mol. The Hall–Kier alpha value is -0.550. The summed E-state index contributed by atoms with van der Waals surface area (Å²) in [6.07, 6.45) is 9.42. The van der Waals surface area contributed by atoms with Gasteiger partial charge in [-0.2, -0.15) is 5.26 Å². The Bertz CT molecular complexity index is 346. The van der Waals surface area contributed by atoms with Crippen LogP contribution in [-0.4, -0.2) is 23.0 Å². The molecular weight excluding hydrogens is 220 g/mol. The molecular formula is C16H26N2. The Morgan fingerprint density at radius 1 is 1.17 bits per heavy atom. The predicted molar refractivity (Wildman–Crippen MR) is 73.0 cm³/mol.